The fraction of sp³-hybridized carbons (Fsp3) is 0.429. The van der Waals surface area contributed by atoms with Crippen LogP contribution >= 0.6 is 24.2 Å². The smallest absolute Gasteiger partial charge is 0.187 e. The number of thioether (sulfide) groups is 1. The lowest BCUT2D eigenvalue weighted by molar-refractivity contribution is 0.152. The standard InChI is InChI=1S/C21H25N3O3S.ClH/c1-4-27-19-8-14-15-7-13(25)5-6-17(15)24-20(16(14)9-18(19)26-2)12-10-22-21(28-3)23-11-12;/h8-11,13,17,24-25H,4-7H2,1-3H3;1H/t13-,17-;/m1./s1. The molecule has 6 nitrogen and oxygen atoms in total. The fourth-order valence-electron chi connectivity index (χ4n) is 3.99. The molecule has 1 aliphatic heterocycles. The summed E-state index contributed by atoms with van der Waals surface area (Å²) in [4.78, 5) is 8.88. The molecule has 0 saturated heterocycles. The maximum Gasteiger partial charge on any atom is 0.187 e. The molecule has 1 saturated carbocycles. The monoisotopic (exact) mass is 435 g/mol. The predicted octanol–water partition coefficient (Wildman–Crippen LogP) is 1.85. The lowest BCUT2D eigenvalue weighted by Gasteiger charge is -2.34. The summed E-state index contributed by atoms with van der Waals surface area (Å²) in [5, 5.41) is 16.8. The van der Waals surface area contributed by atoms with Gasteiger partial charge in [0.05, 0.1) is 25.5 Å². The number of methoxy groups -OCH3 is 1. The van der Waals surface area contributed by atoms with E-state index < -0.39 is 0 Å². The molecule has 29 heavy (non-hydrogen) atoms. The number of aromatic nitrogens is 2. The average Bonchev–Trinajstić information content (AvgIpc) is 2.73. The van der Waals surface area contributed by atoms with E-state index in [1.54, 1.807) is 7.11 Å². The van der Waals surface area contributed by atoms with Crippen LogP contribution in [0, 0.1) is 0 Å². The highest BCUT2D eigenvalue weighted by Gasteiger charge is 2.29. The van der Waals surface area contributed by atoms with E-state index >= 15 is 0 Å². The summed E-state index contributed by atoms with van der Waals surface area (Å²) in [5.74, 6) is 1.42. The van der Waals surface area contributed by atoms with Crippen molar-refractivity contribution in [3.05, 3.63) is 40.5 Å². The van der Waals surface area contributed by atoms with Gasteiger partial charge in [0.2, 0.25) is 0 Å². The average molecular weight is 436 g/mol. The second-order valence-electron chi connectivity index (χ2n) is 6.97. The first-order valence-electron chi connectivity index (χ1n) is 9.53. The van der Waals surface area contributed by atoms with Gasteiger partial charge in [-0.1, -0.05) is 11.8 Å². The molecule has 1 fully saturated rings. The van der Waals surface area contributed by atoms with Crippen LogP contribution in [0.3, 0.4) is 0 Å². The van der Waals surface area contributed by atoms with Gasteiger partial charge in [-0.25, -0.2) is 9.97 Å². The zero-order valence-corrected chi connectivity index (χ0v) is 18.4. The lowest BCUT2D eigenvalue weighted by atomic mass is 9.83. The van der Waals surface area contributed by atoms with Crippen molar-refractivity contribution in [2.75, 3.05) is 20.0 Å². The summed E-state index contributed by atoms with van der Waals surface area (Å²) >= 11 is 1.52. The van der Waals surface area contributed by atoms with Crippen LogP contribution in [0.2, 0.25) is 0 Å². The van der Waals surface area contributed by atoms with Gasteiger partial charge in [0.1, 0.15) is 0 Å². The molecule has 0 unspecified atom stereocenters. The number of aliphatic hydroxyl groups is 1. The molecule has 0 bridgehead atoms. The van der Waals surface area contributed by atoms with Gasteiger partial charge in [0.15, 0.2) is 16.7 Å². The van der Waals surface area contributed by atoms with Gasteiger partial charge in [-0.2, -0.15) is 0 Å². The van der Waals surface area contributed by atoms with Crippen LogP contribution in [-0.2, 0) is 0 Å². The molecule has 2 heterocycles. The first kappa shape index (κ1) is 21.7. The molecule has 1 aromatic carbocycles. The number of benzene rings is 1. The third kappa shape index (κ3) is 4.17. The number of halogens is 1. The van der Waals surface area contributed by atoms with E-state index in [2.05, 4.69) is 21.4 Å². The Morgan fingerprint density at radius 2 is 1.90 bits per heavy atom. The van der Waals surface area contributed by atoms with Crippen LogP contribution in [0.4, 0.5) is 0 Å². The second-order valence-corrected chi connectivity index (χ2v) is 7.75. The molecule has 2 aliphatic rings. The molecule has 2 N–H and O–H groups in total. The summed E-state index contributed by atoms with van der Waals surface area (Å²) in [7, 11) is 1.65. The number of aliphatic hydroxyl groups excluding tert-OH is 1. The molecule has 2 atom stereocenters. The van der Waals surface area contributed by atoms with E-state index in [4.69, 9.17) is 9.47 Å². The summed E-state index contributed by atoms with van der Waals surface area (Å²) in [6, 6.07) is 4.25. The third-order valence-corrected chi connectivity index (χ3v) is 5.88. The van der Waals surface area contributed by atoms with E-state index in [1.165, 1.54) is 17.3 Å². The quantitative estimate of drug-likeness (QED) is 0.548. The van der Waals surface area contributed by atoms with Crippen LogP contribution < -0.4 is 25.2 Å². The lowest BCUT2D eigenvalue weighted by Crippen LogP contribution is -2.49. The van der Waals surface area contributed by atoms with Gasteiger partial charge in [0, 0.05) is 29.2 Å². The van der Waals surface area contributed by atoms with Crippen molar-refractivity contribution in [1.29, 1.82) is 0 Å². The van der Waals surface area contributed by atoms with Gasteiger partial charge < -0.3 is 19.9 Å². The Balaban J connectivity index is 0.00000240. The second kappa shape index (κ2) is 9.24. The van der Waals surface area contributed by atoms with Crippen LogP contribution in [0.1, 0.15) is 31.7 Å². The Hall–Kier alpha value is -1.96. The Bertz CT molecular complexity index is 997. The maximum atomic E-state index is 10.3. The molecule has 0 amide bonds. The predicted molar refractivity (Wildman–Crippen MR) is 117 cm³/mol. The first-order valence-corrected chi connectivity index (χ1v) is 10.8. The summed E-state index contributed by atoms with van der Waals surface area (Å²) in [5.41, 5.74) is 3.16. The van der Waals surface area contributed by atoms with E-state index in [1.807, 2.05) is 31.6 Å². The van der Waals surface area contributed by atoms with Crippen LogP contribution in [0.25, 0.3) is 11.3 Å². The molecule has 1 aliphatic carbocycles. The molecule has 2 aromatic rings. The highest BCUT2D eigenvalue weighted by Crippen LogP contribution is 2.30. The number of ether oxygens (including phenoxy) is 2. The van der Waals surface area contributed by atoms with E-state index in [0.717, 1.165) is 45.4 Å². The van der Waals surface area contributed by atoms with Crippen molar-refractivity contribution < 1.29 is 14.6 Å². The van der Waals surface area contributed by atoms with Gasteiger partial charge in [-0.05, 0) is 55.4 Å². The minimum absolute atomic E-state index is 0. The summed E-state index contributed by atoms with van der Waals surface area (Å²) in [6.45, 7) is 2.53. The maximum absolute atomic E-state index is 10.3. The van der Waals surface area contributed by atoms with Crippen LogP contribution in [-0.4, -0.2) is 47.2 Å². The van der Waals surface area contributed by atoms with E-state index in [9.17, 15) is 5.11 Å². The molecular weight excluding hydrogens is 410 g/mol. The number of fused-ring (bicyclic) bond motifs is 2. The van der Waals surface area contributed by atoms with Crippen molar-refractivity contribution in [1.82, 2.24) is 15.3 Å². The fourth-order valence-corrected chi connectivity index (χ4v) is 4.31. The normalized spacial score (nSPS) is 20.1. The van der Waals surface area contributed by atoms with Gasteiger partial charge >= 0.3 is 0 Å². The molecule has 0 radical (unpaired) electrons. The first-order chi connectivity index (χ1) is 13.6. The van der Waals surface area contributed by atoms with Crippen LogP contribution in [0.15, 0.2) is 29.7 Å². The van der Waals surface area contributed by atoms with Crippen molar-refractivity contribution in [3.8, 4) is 11.5 Å². The number of hydrogen-bond acceptors (Lipinski definition) is 7. The number of rotatable bonds is 5. The zero-order valence-electron chi connectivity index (χ0n) is 16.8. The topological polar surface area (TPSA) is 76.5 Å². The van der Waals surface area contributed by atoms with E-state index in [0.29, 0.717) is 18.8 Å². The van der Waals surface area contributed by atoms with Crippen LogP contribution in [0.5, 0.6) is 11.5 Å². The Morgan fingerprint density at radius 1 is 1.17 bits per heavy atom. The van der Waals surface area contributed by atoms with Crippen molar-refractivity contribution in [3.63, 3.8) is 0 Å². The SMILES string of the molecule is CCOc1cc2c(cc1OC)=C(c1cnc(SC)nc1)N[C@@H]1CC[C@@H](O)CC=21.Cl. The molecule has 4 rings (SSSR count). The van der Waals surface area contributed by atoms with Gasteiger partial charge in [0.25, 0.3) is 0 Å². The molecule has 0 spiro atoms. The Labute approximate surface area is 180 Å². The van der Waals surface area contributed by atoms with Gasteiger partial charge in [-0.15, -0.1) is 12.4 Å². The summed E-state index contributed by atoms with van der Waals surface area (Å²) < 4.78 is 11.4. The minimum Gasteiger partial charge on any atom is -0.493 e. The number of nitrogens with zero attached hydrogens (tertiary/aromatic N) is 2. The third-order valence-electron chi connectivity index (χ3n) is 5.30. The van der Waals surface area contributed by atoms with Gasteiger partial charge in [-0.3, -0.25) is 0 Å². The van der Waals surface area contributed by atoms with E-state index in [-0.39, 0.29) is 24.6 Å². The molecule has 8 heteroatoms. The highest BCUT2D eigenvalue weighted by molar-refractivity contribution is 7.98. The minimum atomic E-state index is -0.302. The summed E-state index contributed by atoms with van der Waals surface area (Å²) in [6.07, 6.45) is 7.72. The molecular formula is C21H26ClN3O3S. The Morgan fingerprint density at radius 3 is 2.55 bits per heavy atom. The van der Waals surface area contributed by atoms with Crippen molar-refractivity contribution >= 4 is 35.4 Å². The molecule has 1 aromatic heterocycles. The highest BCUT2D eigenvalue weighted by atomic mass is 35.5. The number of nitrogens with one attached hydrogen (secondary N) is 1. The Kier molecular flexibility index (Phi) is 6.93. The van der Waals surface area contributed by atoms with Crippen molar-refractivity contribution in [2.24, 2.45) is 0 Å². The number of hydrogen-bond donors (Lipinski definition) is 2. The zero-order chi connectivity index (χ0) is 19.7. The molecule has 156 valence electrons. The largest absolute Gasteiger partial charge is 0.493 e. The van der Waals surface area contributed by atoms with Crippen molar-refractivity contribution in [2.45, 2.75) is 43.5 Å².